The summed E-state index contributed by atoms with van der Waals surface area (Å²) in [6, 6.07) is 9.16. The zero-order valence-electron chi connectivity index (χ0n) is 16.2. The van der Waals surface area contributed by atoms with Crippen molar-refractivity contribution in [3.63, 3.8) is 0 Å². The van der Waals surface area contributed by atoms with Crippen LogP contribution in [-0.4, -0.2) is 29.5 Å². The summed E-state index contributed by atoms with van der Waals surface area (Å²) in [5, 5.41) is 3.01. The number of rotatable bonds is 4. The standard InChI is InChI=1S/C21H15F2N7O/c1-11(28-19-17-18(25-9-24-17)26-10-27-19)20-29-15-7-3-6-14(23)16(15)21(31)30(20)13-5-2-4-12(22)8-13/h2-11H,1H3,(H2,24,25,26,27,28)/t11-/m0/s1. The maximum Gasteiger partial charge on any atom is 0.269 e. The van der Waals surface area contributed by atoms with Crippen LogP contribution in [0.2, 0.25) is 0 Å². The zero-order chi connectivity index (χ0) is 21.5. The molecule has 0 amide bonds. The van der Waals surface area contributed by atoms with E-state index in [1.165, 1.54) is 47.6 Å². The Morgan fingerprint density at radius 1 is 1.10 bits per heavy atom. The highest BCUT2D eigenvalue weighted by atomic mass is 19.1. The average molecular weight is 419 g/mol. The van der Waals surface area contributed by atoms with E-state index in [2.05, 4.69) is 30.2 Å². The molecule has 0 spiro atoms. The quantitative estimate of drug-likeness (QED) is 0.462. The Kier molecular flexibility index (Phi) is 4.39. The molecule has 0 aliphatic heterocycles. The monoisotopic (exact) mass is 419 g/mol. The Bertz CT molecular complexity index is 1490. The van der Waals surface area contributed by atoms with Crippen LogP contribution in [0.4, 0.5) is 14.6 Å². The van der Waals surface area contributed by atoms with E-state index in [-0.39, 0.29) is 22.4 Å². The van der Waals surface area contributed by atoms with Crippen molar-refractivity contribution in [1.29, 1.82) is 0 Å². The molecular formula is C21H15F2N7O. The fourth-order valence-corrected chi connectivity index (χ4v) is 3.50. The predicted octanol–water partition coefficient (Wildman–Crippen LogP) is 3.50. The molecule has 154 valence electrons. The van der Waals surface area contributed by atoms with Gasteiger partial charge in [-0.15, -0.1) is 0 Å². The summed E-state index contributed by atoms with van der Waals surface area (Å²) in [6.07, 6.45) is 2.87. The van der Waals surface area contributed by atoms with Gasteiger partial charge in [-0.3, -0.25) is 9.36 Å². The van der Waals surface area contributed by atoms with E-state index in [0.717, 1.165) is 0 Å². The number of H-pyrrole nitrogens is 1. The first-order valence-corrected chi connectivity index (χ1v) is 9.40. The van der Waals surface area contributed by atoms with Crippen LogP contribution in [-0.2, 0) is 0 Å². The zero-order valence-corrected chi connectivity index (χ0v) is 16.2. The van der Waals surface area contributed by atoms with Crippen molar-refractivity contribution in [2.24, 2.45) is 0 Å². The van der Waals surface area contributed by atoms with E-state index >= 15 is 0 Å². The van der Waals surface area contributed by atoms with Crippen molar-refractivity contribution in [3.8, 4) is 5.69 Å². The van der Waals surface area contributed by atoms with E-state index in [9.17, 15) is 13.6 Å². The topological polar surface area (TPSA) is 101 Å². The first-order chi connectivity index (χ1) is 15.0. The second kappa shape index (κ2) is 7.24. The smallest absolute Gasteiger partial charge is 0.269 e. The molecule has 0 aliphatic rings. The normalized spacial score (nSPS) is 12.4. The van der Waals surface area contributed by atoms with Crippen LogP contribution in [0, 0.1) is 11.6 Å². The highest BCUT2D eigenvalue weighted by molar-refractivity contribution is 5.82. The minimum atomic E-state index is -0.693. The number of fused-ring (bicyclic) bond motifs is 2. The number of anilines is 1. The maximum absolute atomic E-state index is 14.5. The van der Waals surface area contributed by atoms with Gasteiger partial charge >= 0.3 is 0 Å². The number of aromatic nitrogens is 6. The third kappa shape index (κ3) is 3.18. The van der Waals surface area contributed by atoms with Gasteiger partial charge in [0.25, 0.3) is 5.56 Å². The van der Waals surface area contributed by atoms with Crippen molar-refractivity contribution in [3.05, 3.63) is 82.9 Å². The van der Waals surface area contributed by atoms with Crippen LogP contribution in [0.3, 0.4) is 0 Å². The summed E-state index contributed by atoms with van der Waals surface area (Å²) in [5.74, 6) is -0.533. The van der Waals surface area contributed by atoms with Gasteiger partial charge in [0.1, 0.15) is 34.7 Å². The first-order valence-electron chi connectivity index (χ1n) is 9.40. The second-order valence-electron chi connectivity index (χ2n) is 6.91. The lowest BCUT2D eigenvalue weighted by Crippen LogP contribution is -2.28. The summed E-state index contributed by atoms with van der Waals surface area (Å²) in [4.78, 5) is 33.3. The van der Waals surface area contributed by atoms with Crippen molar-refractivity contribution < 1.29 is 8.78 Å². The molecule has 3 aromatic heterocycles. The van der Waals surface area contributed by atoms with E-state index < -0.39 is 23.2 Å². The number of hydrogen-bond donors (Lipinski definition) is 2. The number of halogens is 2. The molecule has 0 aliphatic carbocycles. The molecule has 10 heteroatoms. The highest BCUT2D eigenvalue weighted by Gasteiger charge is 2.21. The molecule has 31 heavy (non-hydrogen) atoms. The van der Waals surface area contributed by atoms with Crippen LogP contribution in [0.25, 0.3) is 27.8 Å². The molecule has 5 rings (SSSR count). The number of aromatic amines is 1. The molecule has 1 atom stereocenters. The Labute approximate surface area is 173 Å². The van der Waals surface area contributed by atoms with E-state index in [1.54, 1.807) is 19.1 Å². The number of imidazole rings is 1. The fraction of sp³-hybridized carbons (Fsp3) is 0.0952. The van der Waals surface area contributed by atoms with Gasteiger partial charge in [-0.1, -0.05) is 12.1 Å². The lowest BCUT2D eigenvalue weighted by atomic mass is 10.2. The molecule has 0 bridgehead atoms. The summed E-state index contributed by atoms with van der Waals surface area (Å²) in [7, 11) is 0. The SMILES string of the molecule is C[C@H](Nc1ncnc2[nH]cnc12)c1nc2cccc(F)c2c(=O)n1-c1cccc(F)c1. The minimum absolute atomic E-state index is 0.167. The van der Waals surface area contributed by atoms with Gasteiger partial charge in [0, 0.05) is 0 Å². The van der Waals surface area contributed by atoms with Crippen LogP contribution < -0.4 is 10.9 Å². The van der Waals surface area contributed by atoms with Crippen molar-refractivity contribution in [1.82, 2.24) is 29.5 Å². The number of benzene rings is 2. The summed E-state index contributed by atoms with van der Waals surface area (Å²) in [6.45, 7) is 1.77. The number of nitrogens with zero attached hydrogens (tertiary/aromatic N) is 5. The number of hydrogen-bond acceptors (Lipinski definition) is 6. The third-order valence-corrected chi connectivity index (χ3v) is 4.90. The Hall–Kier alpha value is -4.21. The van der Waals surface area contributed by atoms with Gasteiger partial charge in [-0.05, 0) is 37.3 Å². The van der Waals surface area contributed by atoms with Crippen LogP contribution in [0.15, 0.2) is 59.9 Å². The van der Waals surface area contributed by atoms with Gasteiger partial charge in [0.05, 0.1) is 23.6 Å². The van der Waals surface area contributed by atoms with E-state index in [0.29, 0.717) is 17.0 Å². The molecule has 0 radical (unpaired) electrons. The molecule has 0 saturated heterocycles. The van der Waals surface area contributed by atoms with Crippen molar-refractivity contribution >= 4 is 27.9 Å². The molecule has 2 N–H and O–H groups in total. The second-order valence-corrected chi connectivity index (χ2v) is 6.91. The molecular weight excluding hydrogens is 404 g/mol. The average Bonchev–Trinajstić information content (AvgIpc) is 3.23. The molecule has 5 aromatic rings. The van der Waals surface area contributed by atoms with Crippen molar-refractivity contribution in [2.45, 2.75) is 13.0 Å². The lowest BCUT2D eigenvalue weighted by molar-refractivity contribution is 0.623. The van der Waals surface area contributed by atoms with Gasteiger partial charge in [-0.2, -0.15) is 0 Å². The molecule has 0 unspecified atom stereocenters. The van der Waals surface area contributed by atoms with Crippen LogP contribution in [0.5, 0.6) is 0 Å². The minimum Gasteiger partial charge on any atom is -0.358 e. The highest BCUT2D eigenvalue weighted by Crippen LogP contribution is 2.24. The summed E-state index contributed by atoms with van der Waals surface area (Å²) >= 11 is 0. The predicted molar refractivity (Wildman–Crippen MR) is 111 cm³/mol. The lowest BCUT2D eigenvalue weighted by Gasteiger charge is -2.20. The van der Waals surface area contributed by atoms with Gasteiger partial charge in [0.15, 0.2) is 11.5 Å². The first kappa shape index (κ1) is 18.8. The Morgan fingerprint density at radius 2 is 1.94 bits per heavy atom. The van der Waals surface area contributed by atoms with Crippen LogP contribution >= 0.6 is 0 Å². The molecule has 8 nitrogen and oxygen atoms in total. The Balaban J connectivity index is 1.72. The van der Waals surface area contributed by atoms with Crippen LogP contribution in [0.1, 0.15) is 18.8 Å². The third-order valence-electron chi connectivity index (χ3n) is 4.90. The van der Waals surface area contributed by atoms with E-state index in [4.69, 9.17) is 0 Å². The number of nitrogens with one attached hydrogen (secondary N) is 2. The van der Waals surface area contributed by atoms with Gasteiger partial charge in [-0.25, -0.2) is 28.7 Å². The summed E-state index contributed by atoms with van der Waals surface area (Å²) < 4.78 is 29.6. The maximum atomic E-state index is 14.5. The van der Waals surface area contributed by atoms with Crippen molar-refractivity contribution in [2.75, 3.05) is 5.32 Å². The molecule has 0 fully saturated rings. The van der Waals surface area contributed by atoms with E-state index in [1.807, 2.05) is 0 Å². The van der Waals surface area contributed by atoms with Gasteiger partial charge < -0.3 is 10.3 Å². The molecule has 3 heterocycles. The Morgan fingerprint density at radius 3 is 2.77 bits per heavy atom. The summed E-state index contributed by atoms with van der Waals surface area (Å²) in [5.41, 5.74) is 0.861. The molecule has 0 saturated carbocycles. The fourth-order valence-electron chi connectivity index (χ4n) is 3.50. The molecule has 2 aromatic carbocycles. The largest absolute Gasteiger partial charge is 0.358 e. The van der Waals surface area contributed by atoms with Gasteiger partial charge in [0.2, 0.25) is 0 Å².